The molecule has 0 unspecified atom stereocenters. The molecule has 33 heavy (non-hydrogen) atoms. The number of hydrogen-bond acceptors (Lipinski definition) is 7. The summed E-state index contributed by atoms with van der Waals surface area (Å²) in [5.74, 6) is -1.34. The number of anilines is 1. The van der Waals surface area contributed by atoms with Crippen LogP contribution in [0.5, 0.6) is 0 Å². The van der Waals surface area contributed by atoms with Gasteiger partial charge in [0.15, 0.2) is 16.4 Å². The number of rotatable bonds is 8. The maximum atomic E-state index is 12.6. The summed E-state index contributed by atoms with van der Waals surface area (Å²) in [6.07, 6.45) is 0.360. The lowest BCUT2D eigenvalue weighted by Gasteiger charge is -2.26. The average molecular weight is 495 g/mol. The molecule has 1 fully saturated rings. The first-order valence-electron chi connectivity index (χ1n) is 10.4. The number of benzene rings is 2. The maximum Gasteiger partial charge on any atom is 0.338 e. The summed E-state index contributed by atoms with van der Waals surface area (Å²) >= 11 is 0. The fourth-order valence-corrected chi connectivity index (χ4v) is 6.37. The van der Waals surface area contributed by atoms with Gasteiger partial charge >= 0.3 is 5.97 Å². The number of nitrogens with zero attached hydrogens (tertiary/aromatic N) is 1. The Bertz CT molecular complexity index is 1240. The number of aryl methyl sites for hydroxylation is 1. The lowest BCUT2D eigenvalue weighted by molar-refractivity contribution is -0.136. The van der Waals surface area contributed by atoms with Gasteiger partial charge in [0, 0.05) is 18.3 Å². The third-order valence-electron chi connectivity index (χ3n) is 5.32. The van der Waals surface area contributed by atoms with Crippen LogP contribution in [0.4, 0.5) is 5.69 Å². The normalized spacial score (nSPS) is 17.3. The number of carbonyl (C=O) groups is 2. The standard InChI is InChI=1S/C22H26N2O7S2/c1-3-24(19-11-12-32(27,28)15-19)21(25)14-31-22(26)17-5-4-6-18(13-17)23-33(29,30)20-9-7-16(2)8-10-20/h4-10,13,19,23H,3,11-12,14-15H2,1-2H3/t19-/m1/s1. The second kappa shape index (κ2) is 9.92. The topological polar surface area (TPSA) is 127 Å². The van der Waals surface area contributed by atoms with E-state index in [1.54, 1.807) is 19.1 Å². The molecule has 0 spiro atoms. The van der Waals surface area contributed by atoms with Crippen LogP contribution in [-0.2, 0) is 29.4 Å². The molecule has 0 aromatic heterocycles. The third kappa shape index (κ3) is 6.32. The molecule has 2 aromatic rings. The minimum absolute atomic E-state index is 0.0342. The van der Waals surface area contributed by atoms with Crippen LogP contribution in [0.3, 0.4) is 0 Å². The van der Waals surface area contributed by atoms with Crippen molar-refractivity contribution in [3.63, 3.8) is 0 Å². The Labute approximate surface area is 193 Å². The van der Waals surface area contributed by atoms with E-state index >= 15 is 0 Å². The van der Waals surface area contributed by atoms with E-state index in [9.17, 15) is 26.4 Å². The number of esters is 1. The van der Waals surface area contributed by atoms with Crippen LogP contribution in [0.15, 0.2) is 53.4 Å². The SMILES string of the molecule is CCN(C(=O)COC(=O)c1cccc(NS(=O)(=O)c2ccc(C)cc2)c1)[C@@H]1CCS(=O)(=O)C1. The van der Waals surface area contributed by atoms with Gasteiger partial charge in [0.1, 0.15) is 0 Å². The van der Waals surface area contributed by atoms with E-state index in [1.165, 1.54) is 41.3 Å². The van der Waals surface area contributed by atoms with E-state index in [0.717, 1.165) is 5.56 Å². The van der Waals surface area contributed by atoms with Crippen molar-refractivity contribution in [3.8, 4) is 0 Å². The van der Waals surface area contributed by atoms with Gasteiger partial charge in [0.25, 0.3) is 15.9 Å². The molecule has 2 aromatic carbocycles. The smallest absolute Gasteiger partial charge is 0.338 e. The summed E-state index contributed by atoms with van der Waals surface area (Å²) in [4.78, 5) is 26.4. The highest BCUT2D eigenvalue weighted by molar-refractivity contribution is 7.92. The summed E-state index contributed by atoms with van der Waals surface area (Å²) in [6.45, 7) is 3.34. The minimum Gasteiger partial charge on any atom is -0.452 e. The van der Waals surface area contributed by atoms with Gasteiger partial charge in [-0.05, 0) is 50.6 Å². The van der Waals surface area contributed by atoms with E-state index in [1.807, 2.05) is 6.92 Å². The van der Waals surface area contributed by atoms with E-state index in [2.05, 4.69) is 4.72 Å². The average Bonchev–Trinajstić information content (AvgIpc) is 3.12. The molecule has 1 atom stereocenters. The zero-order valence-electron chi connectivity index (χ0n) is 18.4. The van der Waals surface area contributed by atoms with E-state index in [-0.39, 0.29) is 27.7 Å². The zero-order chi connectivity index (χ0) is 24.2. The van der Waals surface area contributed by atoms with Gasteiger partial charge in [-0.25, -0.2) is 21.6 Å². The molecule has 1 amide bonds. The molecule has 0 bridgehead atoms. The number of amides is 1. The Morgan fingerprint density at radius 3 is 2.45 bits per heavy atom. The molecule has 1 aliphatic heterocycles. The first-order valence-corrected chi connectivity index (χ1v) is 13.7. The Morgan fingerprint density at radius 2 is 1.85 bits per heavy atom. The van der Waals surface area contributed by atoms with Crippen LogP contribution in [0.1, 0.15) is 29.3 Å². The van der Waals surface area contributed by atoms with Gasteiger partial charge in [-0.3, -0.25) is 9.52 Å². The van der Waals surface area contributed by atoms with Crippen molar-refractivity contribution in [3.05, 3.63) is 59.7 Å². The van der Waals surface area contributed by atoms with Crippen LogP contribution in [0.2, 0.25) is 0 Å². The first kappa shape index (κ1) is 24.7. The lowest BCUT2D eigenvalue weighted by atomic mass is 10.2. The number of ether oxygens (including phenoxy) is 1. The van der Waals surface area contributed by atoms with Gasteiger partial charge in [0.05, 0.1) is 22.0 Å². The summed E-state index contributed by atoms with van der Waals surface area (Å²) in [5.41, 5.74) is 1.16. The summed E-state index contributed by atoms with van der Waals surface area (Å²) in [7, 11) is -7.00. The number of likely N-dealkylation sites (N-methyl/N-ethyl adjacent to an activating group) is 1. The fourth-order valence-electron chi connectivity index (χ4n) is 3.59. The highest BCUT2D eigenvalue weighted by Gasteiger charge is 2.34. The molecule has 1 N–H and O–H groups in total. The number of sulfone groups is 1. The molecule has 0 aliphatic carbocycles. The largest absolute Gasteiger partial charge is 0.452 e. The Balaban J connectivity index is 1.63. The van der Waals surface area contributed by atoms with Gasteiger partial charge in [-0.1, -0.05) is 23.8 Å². The molecule has 1 heterocycles. The monoisotopic (exact) mass is 494 g/mol. The molecule has 3 rings (SSSR count). The van der Waals surface area contributed by atoms with Gasteiger partial charge in [-0.2, -0.15) is 0 Å². The lowest BCUT2D eigenvalue weighted by Crippen LogP contribution is -2.43. The molecule has 11 heteroatoms. The van der Waals surface area contributed by atoms with E-state index in [0.29, 0.717) is 13.0 Å². The molecule has 0 saturated carbocycles. The molecule has 9 nitrogen and oxygen atoms in total. The number of hydrogen-bond donors (Lipinski definition) is 1. The van der Waals surface area contributed by atoms with E-state index < -0.39 is 44.4 Å². The molecule has 1 saturated heterocycles. The van der Waals surface area contributed by atoms with E-state index in [4.69, 9.17) is 4.74 Å². The number of nitrogens with one attached hydrogen (secondary N) is 1. The molecule has 1 aliphatic rings. The van der Waals surface area contributed by atoms with Crippen LogP contribution in [0, 0.1) is 6.92 Å². The summed E-state index contributed by atoms with van der Waals surface area (Å²) in [6, 6.07) is 11.6. The molecular weight excluding hydrogens is 468 g/mol. The van der Waals surface area contributed by atoms with Crippen molar-refractivity contribution < 1.29 is 31.2 Å². The Hall–Kier alpha value is -2.92. The number of carbonyl (C=O) groups excluding carboxylic acids is 2. The zero-order valence-corrected chi connectivity index (χ0v) is 20.0. The van der Waals surface area contributed by atoms with Crippen LogP contribution in [0.25, 0.3) is 0 Å². The summed E-state index contributed by atoms with van der Waals surface area (Å²) < 4.78 is 56.1. The van der Waals surface area contributed by atoms with Crippen molar-refractivity contribution in [2.24, 2.45) is 0 Å². The van der Waals surface area contributed by atoms with Crippen molar-refractivity contribution >= 4 is 37.4 Å². The molecular formula is C22H26N2O7S2. The highest BCUT2D eigenvalue weighted by atomic mass is 32.2. The van der Waals surface area contributed by atoms with Gasteiger partial charge in [0.2, 0.25) is 0 Å². The van der Waals surface area contributed by atoms with Crippen molar-refractivity contribution in [2.45, 2.75) is 31.2 Å². The second-order valence-corrected chi connectivity index (χ2v) is 11.7. The maximum absolute atomic E-state index is 12.6. The Morgan fingerprint density at radius 1 is 1.15 bits per heavy atom. The quantitative estimate of drug-likeness (QED) is 0.556. The van der Waals surface area contributed by atoms with Gasteiger partial charge in [-0.15, -0.1) is 0 Å². The minimum atomic E-state index is -3.84. The van der Waals surface area contributed by atoms with Crippen molar-refractivity contribution in [2.75, 3.05) is 29.4 Å². The van der Waals surface area contributed by atoms with Crippen molar-refractivity contribution in [1.82, 2.24) is 4.90 Å². The van der Waals surface area contributed by atoms with Crippen LogP contribution < -0.4 is 4.72 Å². The van der Waals surface area contributed by atoms with Gasteiger partial charge < -0.3 is 9.64 Å². The summed E-state index contributed by atoms with van der Waals surface area (Å²) in [5, 5.41) is 0. The number of sulfonamides is 1. The fraction of sp³-hybridized carbons (Fsp3) is 0.364. The molecule has 178 valence electrons. The second-order valence-electron chi connectivity index (χ2n) is 7.81. The predicted octanol–water partition coefficient (Wildman–Crippen LogP) is 1.99. The molecule has 0 radical (unpaired) electrons. The van der Waals surface area contributed by atoms with Crippen molar-refractivity contribution in [1.29, 1.82) is 0 Å². The third-order valence-corrected chi connectivity index (χ3v) is 8.47. The van der Waals surface area contributed by atoms with Crippen LogP contribution >= 0.6 is 0 Å². The predicted molar refractivity (Wildman–Crippen MR) is 123 cm³/mol. The van der Waals surface area contributed by atoms with Crippen LogP contribution in [-0.4, -0.2) is 64.3 Å². The first-order chi connectivity index (χ1) is 15.5. The highest BCUT2D eigenvalue weighted by Crippen LogP contribution is 2.20. The Kier molecular flexibility index (Phi) is 7.43.